The van der Waals surface area contributed by atoms with Crippen LogP contribution in [0.25, 0.3) is 0 Å². The molecule has 6 heteroatoms. The van der Waals surface area contributed by atoms with Crippen molar-refractivity contribution in [3.63, 3.8) is 0 Å². The number of anilines is 1. The van der Waals surface area contributed by atoms with Crippen LogP contribution in [0.3, 0.4) is 0 Å². The molecule has 5 nitrogen and oxygen atoms in total. The van der Waals surface area contributed by atoms with Gasteiger partial charge in [-0.3, -0.25) is 4.57 Å². The number of carbonyl (C=O) groups is 1. The van der Waals surface area contributed by atoms with Gasteiger partial charge in [-0.1, -0.05) is 15.9 Å². The maximum Gasteiger partial charge on any atom is 0.331 e. The summed E-state index contributed by atoms with van der Waals surface area (Å²) in [6, 6.07) is 6.70. The number of aromatic nitrogens is 2. The van der Waals surface area contributed by atoms with E-state index in [4.69, 9.17) is 5.26 Å². The second kappa shape index (κ2) is 4.80. The smallest absolute Gasteiger partial charge is 0.306 e. The molecular formula is C11H7BrN4O. The van der Waals surface area contributed by atoms with E-state index in [2.05, 4.69) is 26.2 Å². The average Bonchev–Trinajstić information content (AvgIpc) is 2.83. The first kappa shape index (κ1) is 11.4. The first-order valence-electron chi connectivity index (χ1n) is 4.69. The predicted molar refractivity (Wildman–Crippen MR) is 65.5 cm³/mol. The van der Waals surface area contributed by atoms with E-state index < -0.39 is 0 Å². The Kier molecular flexibility index (Phi) is 3.21. The zero-order valence-electron chi connectivity index (χ0n) is 8.59. The average molecular weight is 291 g/mol. The molecular weight excluding hydrogens is 284 g/mol. The predicted octanol–water partition coefficient (Wildman–Crippen LogP) is 2.60. The third kappa shape index (κ3) is 2.52. The number of hydrogen-bond donors (Lipinski definition) is 1. The van der Waals surface area contributed by atoms with E-state index in [0.29, 0.717) is 11.3 Å². The Bertz CT molecular complexity index is 586. The number of halogens is 1. The van der Waals surface area contributed by atoms with Crippen molar-refractivity contribution in [2.45, 2.75) is 0 Å². The Morgan fingerprint density at radius 1 is 1.53 bits per heavy atom. The fourth-order valence-corrected chi connectivity index (χ4v) is 1.64. The zero-order valence-corrected chi connectivity index (χ0v) is 10.2. The fraction of sp³-hybridized carbons (Fsp3) is 0. The van der Waals surface area contributed by atoms with Crippen LogP contribution in [0.15, 0.2) is 41.4 Å². The highest BCUT2D eigenvalue weighted by molar-refractivity contribution is 9.10. The normalized spacial score (nSPS) is 9.65. The fourth-order valence-electron chi connectivity index (χ4n) is 1.28. The molecule has 2 rings (SSSR count). The van der Waals surface area contributed by atoms with Crippen LogP contribution in [0.2, 0.25) is 0 Å². The standard InChI is InChI=1S/C11H7BrN4O/c12-9-2-1-8(6-13)10(5-9)15-11(17)16-4-3-14-7-16/h1-5,7H,(H,15,17). The summed E-state index contributed by atoms with van der Waals surface area (Å²) in [6.07, 6.45) is 4.42. The lowest BCUT2D eigenvalue weighted by Gasteiger charge is -2.07. The van der Waals surface area contributed by atoms with Gasteiger partial charge in [0.1, 0.15) is 12.4 Å². The summed E-state index contributed by atoms with van der Waals surface area (Å²) in [7, 11) is 0. The Balaban J connectivity index is 2.27. The van der Waals surface area contributed by atoms with Crippen molar-refractivity contribution < 1.29 is 4.79 Å². The first-order chi connectivity index (χ1) is 8.20. The summed E-state index contributed by atoms with van der Waals surface area (Å²) in [4.78, 5) is 15.5. The molecule has 0 spiro atoms. The number of hydrogen-bond acceptors (Lipinski definition) is 3. The van der Waals surface area contributed by atoms with Crippen LogP contribution in [-0.4, -0.2) is 15.6 Å². The molecule has 17 heavy (non-hydrogen) atoms. The highest BCUT2D eigenvalue weighted by atomic mass is 79.9. The molecule has 1 amide bonds. The SMILES string of the molecule is N#Cc1ccc(Br)cc1NC(=O)n1ccnc1. The van der Waals surface area contributed by atoms with E-state index in [1.54, 1.807) is 18.2 Å². The largest absolute Gasteiger partial charge is 0.331 e. The highest BCUT2D eigenvalue weighted by Crippen LogP contribution is 2.20. The van der Waals surface area contributed by atoms with Crippen molar-refractivity contribution >= 4 is 27.6 Å². The Hall–Kier alpha value is -2.13. The third-order valence-electron chi connectivity index (χ3n) is 2.08. The van der Waals surface area contributed by atoms with Crippen LogP contribution < -0.4 is 5.32 Å². The van der Waals surface area contributed by atoms with Crippen LogP contribution >= 0.6 is 15.9 Å². The molecule has 1 N–H and O–H groups in total. The third-order valence-corrected chi connectivity index (χ3v) is 2.58. The summed E-state index contributed by atoms with van der Waals surface area (Å²) in [5.41, 5.74) is 0.863. The van der Waals surface area contributed by atoms with Gasteiger partial charge in [-0.05, 0) is 18.2 Å². The van der Waals surface area contributed by atoms with E-state index in [0.717, 1.165) is 4.47 Å². The highest BCUT2D eigenvalue weighted by Gasteiger charge is 2.08. The number of benzene rings is 1. The number of nitrogens with one attached hydrogen (secondary N) is 1. The quantitative estimate of drug-likeness (QED) is 0.877. The molecule has 0 radical (unpaired) electrons. The van der Waals surface area contributed by atoms with E-state index in [1.165, 1.54) is 23.3 Å². The van der Waals surface area contributed by atoms with Gasteiger partial charge in [0, 0.05) is 16.9 Å². The zero-order chi connectivity index (χ0) is 12.3. The Labute approximate surface area is 106 Å². The lowest BCUT2D eigenvalue weighted by atomic mass is 10.2. The summed E-state index contributed by atoms with van der Waals surface area (Å²) in [5, 5.41) is 11.6. The number of nitrogens with zero attached hydrogens (tertiary/aromatic N) is 3. The first-order valence-corrected chi connectivity index (χ1v) is 5.49. The van der Waals surface area contributed by atoms with Crippen LogP contribution in [0.1, 0.15) is 5.56 Å². The second-order valence-electron chi connectivity index (χ2n) is 3.20. The minimum Gasteiger partial charge on any atom is -0.306 e. The second-order valence-corrected chi connectivity index (χ2v) is 4.12. The summed E-state index contributed by atoms with van der Waals surface area (Å²) in [6.45, 7) is 0. The molecule has 0 atom stereocenters. The molecule has 1 heterocycles. The molecule has 0 aliphatic rings. The molecule has 84 valence electrons. The minimum absolute atomic E-state index is 0.364. The van der Waals surface area contributed by atoms with E-state index >= 15 is 0 Å². The van der Waals surface area contributed by atoms with Gasteiger partial charge >= 0.3 is 6.03 Å². The van der Waals surface area contributed by atoms with Gasteiger partial charge in [0.25, 0.3) is 0 Å². The van der Waals surface area contributed by atoms with Gasteiger partial charge in [-0.25, -0.2) is 9.78 Å². The van der Waals surface area contributed by atoms with Crippen LogP contribution in [-0.2, 0) is 0 Å². The van der Waals surface area contributed by atoms with E-state index in [-0.39, 0.29) is 6.03 Å². The van der Waals surface area contributed by atoms with Gasteiger partial charge < -0.3 is 5.32 Å². The Morgan fingerprint density at radius 2 is 2.35 bits per heavy atom. The summed E-state index contributed by atoms with van der Waals surface area (Å²) in [5.74, 6) is 0. The lowest BCUT2D eigenvalue weighted by Crippen LogP contribution is -2.18. The number of rotatable bonds is 1. The maximum atomic E-state index is 11.7. The van der Waals surface area contributed by atoms with Gasteiger partial charge in [0.05, 0.1) is 11.3 Å². The van der Waals surface area contributed by atoms with Crippen molar-refractivity contribution in [2.75, 3.05) is 5.32 Å². The molecule has 0 fully saturated rings. The molecule has 0 unspecified atom stereocenters. The number of carbonyl (C=O) groups excluding carboxylic acids is 1. The molecule has 0 bridgehead atoms. The molecule has 0 saturated heterocycles. The summed E-state index contributed by atoms with van der Waals surface area (Å²) >= 11 is 3.28. The monoisotopic (exact) mass is 290 g/mol. The molecule has 1 aromatic heterocycles. The van der Waals surface area contributed by atoms with Crippen LogP contribution in [0.4, 0.5) is 10.5 Å². The van der Waals surface area contributed by atoms with Gasteiger partial charge in [0.15, 0.2) is 0 Å². The molecule has 0 saturated carbocycles. The number of amides is 1. The minimum atomic E-state index is -0.364. The van der Waals surface area contributed by atoms with Crippen LogP contribution in [0.5, 0.6) is 0 Å². The van der Waals surface area contributed by atoms with Crippen molar-refractivity contribution in [3.05, 3.63) is 47.0 Å². The van der Waals surface area contributed by atoms with Gasteiger partial charge in [-0.15, -0.1) is 0 Å². The van der Waals surface area contributed by atoms with Crippen molar-refractivity contribution in [1.29, 1.82) is 5.26 Å². The van der Waals surface area contributed by atoms with Gasteiger partial charge in [-0.2, -0.15) is 5.26 Å². The molecule has 2 aromatic rings. The number of imidazole rings is 1. The molecule has 0 aliphatic carbocycles. The molecule has 1 aromatic carbocycles. The van der Waals surface area contributed by atoms with Crippen molar-refractivity contribution in [2.24, 2.45) is 0 Å². The van der Waals surface area contributed by atoms with E-state index in [1.807, 2.05) is 6.07 Å². The van der Waals surface area contributed by atoms with Crippen molar-refractivity contribution in [3.8, 4) is 6.07 Å². The topological polar surface area (TPSA) is 70.7 Å². The van der Waals surface area contributed by atoms with Crippen LogP contribution in [0, 0.1) is 11.3 Å². The maximum absolute atomic E-state index is 11.7. The van der Waals surface area contributed by atoms with E-state index in [9.17, 15) is 4.79 Å². The summed E-state index contributed by atoms with van der Waals surface area (Å²) < 4.78 is 2.08. The lowest BCUT2D eigenvalue weighted by molar-refractivity contribution is 0.253. The van der Waals surface area contributed by atoms with Crippen molar-refractivity contribution in [1.82, 2.24) is 9.55 Å². The number of nitriles is 1. The Morgan fingerprint density at radius 3 is 3.00 bits per heavy atom. The van der Waals surface area contributed by atoms with Gasteiger partial charge in [0.2, 0.25) is 0 Å². The molecule has 0 aliphatic heterocycles.